The van der Waals surface area contributed by atoms with Gasteiger partial charge in [0.1, 0.15) is 11.8 Å². The molecule has 3 nitrogen and oxygen atoms in total. The van der Waals surface area contributed by atoms with Crippen LogP contribution in [0, 0.1) is 0 Å². The zero-order valence-electron chi connectivity index (χ0n) is 9.58. The molecular formula is C15H10N2O. The maximum atomic E-state index is 5.60. The van der Waals surface area contributed by atoms with E-state index in [0.29, 0.717) is 0 Å². The molecule has 0 aliphatic rings. The summed E-state index contributed by atoms with van der Waals surface area (Å²) in [6.45, 7) is 0. The first kappa shape index (κ1) is 9.48. The Bertz CT molecular complexity index is 842. The second kappa shape index (κ2) is 3.47. The zero-order valence-corrected chi connectivity index (χ0v) is 9.58. The Labute approximate surface area is 103 Å². The van der Waals surface area contributed by atoms with Gasteiger partial charge < -0.3 is 4.42 Å². The van der Waals surface area contributed by atoms with Crippen molar-refractivity contribution in [2.24, 2.45) is 0 Å². The molecule has 3 heterocycles. The minimum atomic E-state index is 0.907. The predicted molar refractivity (Wildman–Crippen MR) is 70.4 cm³/mol. The molecule has 0 bridgehead atoms. The van der Waals surface area contributed by atoms with E-state index in [1.165, 1.54) is 0 Å². The minimum absolute atomic E-state index is 0.907. The van der Waals surface area contributed by atoms with Crippen LogP contribution in [0.1, 0.15) is 0 Å². The number of hydrogen-bond donors (Lipinski definition) is 0. The van der Waals surface area contributed by atoms with Crippen molar-refractivity contribution in [3.8, 4) is 11.3 Å². The summed E-state index contributed by atoms with van der Waals surface area (Å²) in [5.41, 5.74) is 4.17. The van der Waals surface area contributed by atoms with E-state index >= 15 is 0 Å². The molecule has 0 amide bonds. The topological polar surface area (TPSA) is 30.4 Å². The Morgan fingerprint density at radius 3 is 2.94 bits per heavy atom. The highest BCUT2D eigenvalue weighted by Crippen LogP contribution is 2.30. The smallest absolute Gasteiger partial charge is 0.134 e. The summed E-state index contributed by atoms with van der Waals surface area (Å²) in [5, 5.41) is 1.12. The molecule has 18 heavy (non-hydrogen) atoms. The Morgan fingerprint density at radius 2 is 1.94 bits per heavy atom. The van der Waals surface area contributed by atoms with Gasteiger partial charge in [-0.25, -0.2) is 4.98 Å². The second-order valence-electron chi connectivity index (χ2n) is 4.25. The van der Waals surface area contributed by atoms with Gasteiger partial charge >= 0.3 is 0 Å². The Balaban J connectivity index is 2.10. The summed E-state index contributed by atoms with van der Waals surface area (Å²) in [5.74, 6) is 0. The first-order chi connectivity index (χ1) is 8.93. The highest BCUT2D eigenvalue weighted by Gasteiger charge is 2.10. The summed E-state index contributed by atoms with van der Waals surface area (Å²) in [6, 6.07) is 14.2. The maximum Gasteiger partial charge on any atom is 0.134 e. The van der Waals surface area contributed by atoms with Gasteiger partial charge in [-0.15, -0.1) is 0 Å². The minimum Gasteiger partial charge on any atom is -0.464 e. The van der Waals surface area contributed by atoms with E-state index in [4.69, 9.17) is 4.42 Å². The number of fused-ring (bicyclic) bond motifs is 2. The predicted octanol–water partition coefficient (Wildman–Crippen LogP) is 3.75. The SMILES string of the molecule is c1ccc2c(-c3cccc4cncn34)coc2c1. The molecule has 4 rings (SSSR count). The molecule has 0 saturated carbocycles. The van der Waals surface area contributed by atoms with E-state index in [0.717, 1.165) is 27.7 Å². The van der Waals surface area contributed by atoms with E-state index in [9.17, 15) is 0 Å². The third-order valence-electron chi connectivity index (χ3n) is 3.20. The molecule has 0 aliphatic heterocycles. The number of benzene rings is 1. The molecule has 0 atom stereocenters. The van der Waals surface area contributed by atoms with Gasteiger partial charge in [0.15, 0.2) is 0 Å². The zero-order chi connectivity index (χ0) is 11.9. The largest absolute Gasteiger partial charge is 0.464 e. The van der Waals surface area contributed by atoms with Gasteiger partial charge in [-0.05, 0) is 18.2 Å². The first-order valence-corrected chi connectivity index (χ1v) is 5.81. The maximum absolute atomic E-state index is 5.60. The summed E-state index contributed by atoms with van der Waals surface area (Å²) < 4.78 is 7.66. The normalized spacial score (nSPS) is 11.3. The summed E-state index contributed by atoms with van der Waals surface area (Å²) >= 11 is 0. The molecule has 86 valence electrons. The summed E-state index contributed by atoms with van der Waals surface area (Å²) in [6.07, 6.45) is 5.48. The van der Waals surface area contributed by atoms with Crippen LogP contribution in [0.25, 0.3) is 27.7 Å². The standard InChI is InChI=1S/C15H10N2O/c1-2-7-15-12(5-1)13(9-18-15)14-6-3-4-11-8-16-10-17(11)14/h1-10H. The van der Waals surface area contributed by atoms with Gasteiger partial charge in [0.05, 0.1) is 23.7 Å². The molecule has 0 fully saturated rings. The van der Waals surface area contributed by atoms with Crippen LogP contribution in [0.5, 0.6) is 0 Å². The molecule has 0 aliphatic carbocycles. The molecule has 0 N–H and O–H groups in total. The lowest BCUT2D eigenvalue weighted by atomic mass is 10.1. The summed E-state index contributed by atoms with van der Waals surface area (Å²) in [4.78, 5) is 4.18. The molecule has 0 radical (unpaired) electrons. The van der Waals surface area contributed by atoms with Gasteiger partial charge in [-0.3, -0.25) is 4.40 Å². The third-order valence-corrected chi connectivity index (χ3v) is 3.20. The van der Waals surface area contributed by atoms with E-state index in [1.54, 1.807) is 6.26 Å². The number of hydrogen-bond acceptors (Lipinski definition) is 2. The fourth-order valence-corrected chi connectivity index (χ4v) is 2.34. The summed E-state index contributed by atoms with van der Waals surface area (Å²) in [7, 11) is 0. The number of aromatic nitrogens is 2. The van der Waals surface area contributed by atoms with Crippen molar-refractivity contribution < 1.29 is 4.42 Å². The molecular weight excluding hydrogens is 224 g/mol. The number of imidazole rings is 1. The quantitative estimate of drug-likeness (QED) is 0.502. The molecule has 0 unspecified atom stereocenters. The van der Waals surface area contributed by atoms with Crippen molar-refractivity contribution in [3.63, 3.8) is 0 Å². The van der Waals surface area contributed by atoms with E-state index in [2.05, 4.69) is 21.5 Å². The number of furan rings is 1. The lowest BCUT2D eigenvalue weighted by molar-refractivity contribution is 0.616. The van der Waals surface area contributed by atoms with Gasteiger partial charge in [0.2, 0.25) is 0 Å². The monoisotopic (exact) mass is 234 g/mol. The van der Waals surface area contributed by atoms with Crippen molar-refractivity contribution in [3.05, 3.63) is 61.3 Å². The van der Waals surface area contributed by atoms with Crippen LogP contribution in [-0.4, -0.2) is 9.38 Å². The van der Waals surface area contributed by atoms with Crippen molar-refractivity contribution in [2.45, 2.75) is 0 Å². The van der Waals surface area contributed by atoms with Crippen molar-refractivity contribution >= 4 is 16.5 Å². The van der Waals surface area contributed by atoms with Crippen molar-refractivity contribution in [1.29, 1.82) is 0 Å². The van der Waals surface area contributed by atoms with Crippen molar-refractivity contribution in [2.75, 3.05) is 0 Å². The highest BCUT2D eigenvalue weighted by molar-refractivity contribution is 5.93. The highest BCUT2D eigenvalue weighted by atomic mass is 16.3. The van der Waals surface area contributed by atoms with Crippen LogP contribution in [-0.2, 0) is 0 Å². The van der Waals surface area contributed by atoms with Gasteiger partial charge in [0, 0.05) is 10.9 Å². The van der Waals surface area contributed by atoms with E-state index in [-0.39, 0.29) is 0 Å². The lowest BCUT2D eigenvalue weighted by Crippen LogP contribution is -1.88. The van der Waals surface area contributed by atoms with E-state index < -0.39 is 0 Å². The third kappa shape index (κ3) is 1.21. The average molecular weight is 234 g/mol. The number of nitrogens with zero attached hydrogens (tertiary/aromatic N) is 2. The fraction of sp³-hybridized carbons (Fsp3) is 0. The first-order valence-electron chi connectivity index (χ1n) is 5.81. The van der Waals surface area contributed by atoms with Crippen LogP contribution in [0.3, 0.4) is 0 Å². The fourth-order valence-electron chi connectivity index (χ4n) is 2.34. The van der Waals surface area contributed by atoms with Crippen LogP contribution < -0.4 is 0 Å². The van der Waals surface area contributed by atoms with E-state index in [1.807, 2.05) is 42.9 Å². The Kier molecular flexibility index (Phi) is 1.83. The Morgan fingerprint density at radius 1 is 1.00 bits per heavy atom. The van der Waals surface area contributed by atoms with Gasteiger partial charge in [-0.1, -0.05) is 24.3 Å². The van der Waals surface area contributed by atoms with Crippen LogP contribution in [0.2, 0.25) is 0 Å². The molecule has 1 aromatic carbocycles. The van der Waals surface area contributed by atoms with Gasteiger partial charge in [0.25, 0.3) is 0 Å². The van der Waals surface area contributed by atoms with Crippen LogP contribution >= 0.6 is 0 Å². The average Bonchev–Trinajstić information content (AvgIpc) is 3.05. The number of rotatable bonds is 1. The molecule has 3 aromatic heterocycles. The molecule has 3 heteroatoms. The lowest BCUT2D eigenvalue weighted by Gasteiger charge is -2.03. The Hall–Kier alpha value is -2.55. The second-order valence-corrected chi connectivity index (χ2v) is 4.25. The number of pyridine rings is 1. The van der Waals surface area contributed by atoms with Crippen LogP contribution in [0.4, 0.5) is 0 Å². The van der Waals surface area contributed by atoms with Crippen molar-refractivity contribution in [1.82, 2.24) is 9.38 Å². The number of para-hydroxylation sites is 1. The molecule has 0 spiro atoms. The van der Waals surface area contributed by atoms with Crippen LogP contribution in [0.15, 0.2) is 65.7 Å². The van der Waals surface area contributed by atoms with Gasteiger partial charge in [-0.2, -0.15) is 0 Å². The molecule has 4 aromatic rings. The molecule has 0 saturated heterocycles.